The summed E-state index contributed by atoms with van der Waals surface area (Å²) >= 11 is 0. The van der Waals surface area contributed by atoms with Crippen LogP contribution in [0.15, 0.2) is 24.3 Å². The van der Waals surface area contributed by atoms with Crippen LogP contribution < -0.4 is 59.4 Å². The van der Waals surface area contributed by atoms with Crippen molar-refractivity contribution >= 4 is 67.0 Å². The fourth-order valence-corrected chi connectivity index (χ4v) is 5.77. The average molecular weight is 903 g/mol. The van der Waals surface area contributed by atoms with Crippen molar-refractivity contribution in [2.45, 2.75) is 102 Å². The van der Waals surface area contributed by atoms with E-state index >= 15 is 0 Å². The Morgan fingerprint density at radius 2 is 1.03 bits per heavy atom. The van der Waals surface area contributed by atoms with Gasteiger partial charge in [-0.15, -0.1) is 0 Å². The maximum absolute atomic E-state index is 13.7. The molecule has 0 aliphatic carbocycles. The molecule has 0 heterocycles. The maximum atomic E-state index is 13.7. The lowest BCUT2D eigenvalue weighted by atomic mass is 9.99. The standard InChI is InChI=1S/C35H55N10O16P/c1-15(2)27(33(54)40-20(9-10-24(37)47)30(51)43-23(35(56)57)13-26(39)49)45-32(53)22(12-25(38)48)42-34(55)28(16(3)4)44-31(52)21(41-29(50)19(36)14-46)11-17-5-7-18(8-6-17)61-62(58,59)60/h5-8,15-16,19-23,27-28,46H,9-14,36H2,1-4H3,(H2,37,47)(H2,38,48)(H2,39,49)(H,40,54)(H,41,50)(H,42,55)(H,43,51)(H,44,52)(H,45,53)(H,56,57)(H2,58,59,60)/t19-,20-,21-,22-,23-,27-,28-/m0/s1. The first-order chi connectivity index (χ1) is 28.6. The van der Waals surface area contributed by atoms with Crippen LogP contribution in [-0.4, -0.2) is 128 Å². The molecule has 0 unspecified atom stereocenters. The summed E-state index contributed by atoms with van der Waals surface area (Å²) in [5.74, 6) is -12.7. The van der Waals surface area contributed by atoms with Gasteiger partial charge >= 0.3 is 13.8 Å². The van der Waals surface area contributed by atoms with Gasteiger partial charge in [-0.2, -0.15) is 0 Å². The van der Waals surface area contributed by atoms with E-state index in [0.29, 0.717) is 5.56 Å². The Kier molecular flexibility index (Phi) is 21.6. The summed E-state index contributed by atoms with van der Waals surface area (Å²) < 4.78 is 15.7. The number of phosphoric acid groups is 1. The van der Waals surface area contributed by atoms with E-state index in [9.17, 15) is 62.7 Å². The number of carbonyl (C=O) groups is 10. The first-order valence-electron chi connectivity index (χ1n) is 18.8. The lowest BCUT2D eigenvalue weighted by Gasteiger charge is -2.29. The first-order valence-corrected chi connectivity index (χ1v) is 20.3. The second-order valence-corrected chi connectivity index (χ2v) is 15.8. The quantitative estimate of drug-likeness (QED) is 0.0366. The molecule has 62 heavy (non-hydrogen) atoms. The number of hydrogen-bond acceptors (Lipinski definition) is 14. The molecule has 0 aromatic heterocycles. The molecule has 1 rings (SSSR count). The van der Waals surface area contributed by atoms with E-state index < -0.39 is 153 Å². The van der Waals surface area contributed by atoms with Crippen LogP contribution in [0.2, 0.25) is 0 Å². The summed E-state index contributed by atoms with van der Waals surface area (Å²) in [7, 11) is -4.90. The number of carbonyl (C=O) groups excluding carboxylic acids is 9. The Balaban J connectivity index is 3.37. The van der Waals surface area contributed by atoms with E-state index in [-0.39, 0.29) is 12.2 Å². The molecule has 18 N–H and O–H groups in total. The van der Waals surface area contributed by atoms with Gasteiger partial charge in [-0.25, -0.2) is 9.36 Å². The van der Waals surface area contributed by atoms with Gasteiger partial charge in [0.2, 0.25) is 53.2 Å². The van der Waals surface area contributed by atoms with Crippen LogP contribution in [-0.2, 0) is 58.9 Å². The van der Waals surface area contributed by atoms with Gasteiger partial charge in [0, 0.05) is 12.8 Å². The van der Waals surface area contributed by atoms with Crippen molar-refractivity contribution < 1.29 is 77.0 Å². The second-order valence-electron chi connectivity index (χ2n) is 14.6. The summed E-state index contributed by atoms with van der Waals surface area (Å²) in [5.41, 5.74) is 21.6. The third-order valence-electron chi connectivity index (χ3n) is 8.62. The van der Waals surface area contributed by atoms with Crippen molar-refractivity contribution in [2.75, 3.05) is 6.61 Å². The van der Waals surface area contributed by atoms with Crippen molar-refractivity contribution in [3.63, 3.8) is 0 Å². The van der Waals surface area contributed by atoms with Crippen LogP contribution >= 0.6 is 7.82 Å². The summed E-state index contributed by atoms with van der Waals surface area (Å²) in [6, 6.07) is -6.16. The van der Waals surface area contributed by atoms with Gasteiger partial charge in [0.25, 0.3) is 0 Å². The Morgan fingerprint density at radius 1 is 0.613 bits per heavy atom. The zero-order valence-electron chi connectivity index (χ0n) is 34.2. The van der Waals surface area contributed by atoms with Gasteiger partial charge in [-0.3, -0.25) is 52.9 Å². The molecule has 9 amide bonds. The molecule has 0 bridgehead atoms. The van der Waals surface area contributed by atoms with Crippen LogP contribution in [0.3, 0.4) is 0 Å². The summed E-state index contributed by atoms with van der Waals surface area (Å²) in [6.07, 6.45) is -2.86. The Hall–Kier alpha value is -6.21. The van der Waals surface area contributed by atoms with Crippen LogP contribution in [0.5, 0.6) is 5.75 Å². The molecular weight excluding hydrogens is 847 g/mol. The van der Waals surface area contributed by atoms with Gasteiger partial charge in [0.05, 0.1) is 19.4 Å². The number of aliphatic carboxylic acids is 1. The second kappa shape index (κ2) is 24.9. The lowest BCUT2D eigenvalue weighted by molar-refractivity contribution is -0.144. The summed E-state index contributed by atoms with van der Waals surface area (Å²) in [4.78, 5) is 145. The van der Waals surface area contributed by atoms with E-state index in [1.165, 1.54) is 52.0 Å². The molecule has 0 saturated carbocycles. The molecule has 346 valence electrons. The van der Waals surface area contributed by atoms with Crippen LogP contribution in [0.25, 0.3) is 0 Å². The number of carboxylic acid groups (broad SMARTS) is 1. The Bertz CT molecular complexity index is 1860. The Labute approximate surface area is 354 Å². The van der Waals surface area contributed by atoms with Crippen molar-refractivity contribution in [3.8, 4) is 5.75 Å². The topological polar surface area (TPSA) is 454 Å². The van der Waals surface area contributed by atoms with Crippen LogP contribution in [0, 0.1) is 11.8 Å². The van der Waals surface area contributed by atoms with Crippen molar-refractivity contribution in [3.05, 3.63) is 29.8 Å². The van der Waals surface area contributed by atoms with Gasteiger partial charge in [-0.1, -0.05) is 39.8 Å². The number of nitrogens with one attached hydrogen (secondary N) is 6. The molecular formula is C35H55N10O16P. The minimum absolute atomic E-state index is 0.220. The highest BCUT2D eigenvalue weighted by molar-refractivity contribution is 7.46. The smallest absolute Gasteiger partial charge is 0.480 e. The predicted octanol–water partition coefficient (Wildman–Crippen LogP) is -5.66. The number of nitrogens with two attached hydrogens (primary N) is 4. The van der Waals surface area contributed by atoms with E-state index in [2.05, 4.69) is 31.1 Å². The number of aliphatic hydroxyl groups excluding tert-OH is 1. The number of benzene rings is 1. The molecule has 0 aliphatic rings. The molecule has 26 nitrogen and oxygen atoms in total. The molecule has 0 aliphatic heterocycles. The summed E-state index contributed by atoms with van der Waals surface area (Å²) in [5, 5.41) is 32.6. The first kappa shape index (κ1) is 53.8. The highest BCUT2D eigenvalue weighted by atomic mass is 31.2. The third-order valence-corrected chi connectivity index (χ3v) is 9.07. The zero-order valence-corrected chi connectivity index (χ0v) is 35.1. The van der Waals surface area contributed by atoms with Crippen molar-refractivity contribution in [2.24, 2.45) is 34.8 Å². The van der Waals surface area contributed by atoms with Gasteiger partial charge < -0.3 is 69.6 Å². The molecule has 7 atom stereocenters. The number of phosphoric ester groups is 1. The van der Waals surface area contributed by atoms with Crippen LogP contribution in [0.1, 0.15) is 58.9 Å². The molecule has 1 aromatic carbocycles. The fourth-order valence-electron chi connectivity index (χ4n) is 5.37. The van der Waals surface area contributed by atoms with Crippen molar-refractivity contribution in [1.82, 2.24) is 31.9 Å². The van der Waals surface area contributed by atoms with Gasteiger partial charge in [-0.05, 0) is 36.0 Å². The largest absolute Gasteiger partial charge is 0.524 e. The third kappa shape index (κ3) is 19.4. The molecule has 0 fully saturated rings. The Morgan fingerprint density at radius 3 is 1.45 bits per heavy atom. The molecule has 0 saturated heterocycles. The number of hydrogen-bond donors (Lipinski definition) is 14. The number of primary amides is 3. The number of carboxylic acids is 1. The predicted molar refractivity (Wildman–Crippen MR) is 213 cm³/mol. The van der Waals surface area contributed by atoms with E-state index in [1.807, 2.05) is 5.32 Å². The minimum atomic E-state index is -4.90. The lowest BCUT2D eigenvalue weighted by Crippen LogP contribution is -2.61. The SMILES string of the molecule is CC(C)[C@H](NC(=O)[C@H](CC(N)=O)NC(=O)[C@@H](NC(=O)[C@H](Cc1ccc(OP(=O)(O)O)cc1)NC(=O)[C@@H](N)CO)C(C)C)C(=O)N[C@@H](CCC(N)=O)C(=O)N[C@@H](CC(N)=O)C(=O)O. The van der Waals surface area contributed by atoms with Crippen LogP contribution in [0.4, 0.5) is 0 Å². The molecule has 0 radical (unpaired) electrons. The maximum Gasteiger partial charge on any atom is 0.524 e. The molecule has 0 spiro atoms. The van der Waals surface area contributed by atoms with Crippen molar-refractivity contribution in [1.29, 1.82) is 0 Å². The number of rotatable bonds is 27. The monoisotopic (exact) mass is 902 g/mol. The minimum Gasteiger partial charge on any atom is -0.480 e. The molecule has 27 heteroatoms. The normalized spacial score (nSPS) is 14.7. The van der Waals surface area contributed by atoms with E-state index in [1.54, 1.807) is 0 Å². The van der Waals surface area contributed by atoms with E-state index in [4.69, 9.17) is 32.7 Å². The highest BCUT2D eigenvalue weighted by Crippen LogP contribution is 2.37. The molecule has 1 aromatic rings. The fraction of sp³-hybridized carbons (Fsp3) is 0.543. The average Bonchev–Trinajstić information content (AvgIpc) is 3.15. The zero-order chi connectivity index (χ0) is 47.6. The van der Waals surface area contributed by atoms with Gasteiger partial charge in [0.1, 0.15) is 48.0 Å². The van der Waals surface area contributed by atoms with E-state index in [0.717, 1.165) is 0 Å². The number of amides is 9. The van der Waals surface area contributed by atoms with Gasteiger partial charge in [0.15, 0.2) is 0 Å². The highest BCUT2D eigenvalue weighted by Gasteiger charge is 2.36. The number of aliphatic hydroxyl groups is 1. The summed E-state index contributed by atoms with van der Waals surface area (Å²) in [6.45, 7) is 5.13.